The molecule has 1 unspecified atom stereocenters. The predicted molar refractivity (Wildman–Crippen MR) is 132 cm³/mol. The monoisotopic (exact) mass is 448 g/mol. The molecule has 0 N–H and O–H groups in total. The summed E-state index contributed by atoms with van der Waals surface area (Å²) in [7, 11) is -3.60. The molecule has 33 heavy (non-hydrogen) atoms. The minimum absolute atomic E-state index is 0.118. The van der Waals surface area contributed by atoms with Gasteiger partial charge in [-0.15, -0.1) is 0 Å². The van der Waals surface area contributed by atoms with Crippen LogP contribution in [0.2, 0.25) is 0 Å². The van der Waals surface area contributed by atoms with Gasteiger partial charge in [0.2, 0.25) is 9.84 Å². The molecule has 4 aromatic carbocycles. The maximum atomic E-state index is 13.6. The smallest absolute Gasteiger partial charge is 0.207 e. The molecule has 0 radical (unpaired) electrons. The highest BCUT2D eigenvalue weighted by atomic mass is 32.2. The Bertz CT molecular complexity index is 1720. The van der Waals surface area contributed by atoms with Crippen LogP contribution in [0.3, 0.4) is 0 Å². The molecule has 5 heteroatoms. The summed E-state index contributed by atoms with van der Waals surface area (Å²) in [6.07, 6.45) is 0.764. The van der Waals surface area contributed by atoms with Gasteiger partial charge in [0.05, 0.1) is 38.1 Å². The van der Waals surface area contributed by atoms with E-state index in [4.69, 9.17) is 4.99 Å². The molecule has 0 aliphatic carbocycles. The average Bonchev–Trinajstić information content (AvgIpc) is 3.39. The summed E-state index contributed by atoms with van der Waals surface area (Å²) in [5.74, 6) is -0.118. The van der Waals surface area contributed by atoms with E-state index in [1.165, 1.54) is 10.8 Å². The van der Waals surface area contributed by atoms with Crippen LogP contribution in [-0.2, 0) is 9.84 Å². The third kappa shape index (κ3) is 2.30. The fraction of sp³-hybridized carbons (Fsp3) is 0.107. The zero-order chi connectivity index (χ0) is 22.3. The number of para-hydroxylation sites is 2. The lowest BCUT2D eigenvalue weighted by molar-refractivity contribution is 0.591. The number of sulfone groups is 1. The third-order valence-corrected chi connectivity index (χ3v) is 8.91. The molecule has 1 atom stereocenters. The van der Waals surface area contributed by atoms with Crippen molar-refractivity contribution in [3.8, 4) is 5.69 Å². The SMILES string of the molecule is CCC1=Nc2c(-n3c4ccccc4c4ccccc43)ccc3c2C1c1ccccc1S3(=O)=O. The number of aromatic nitrogens is 1. The van der Waals surface area contributed by atoms with Gasteiger partial charge in [0.1, 0.15) is 0 Å². The van der Waals surface area contributed by atoms with Gasteiger partial charge in [-0.3, -0.25) is 4.99 Å². The van der Waals surface area contributed by atoms with E-state index in [0.29, 0.717) is 9.79 Å². The second kappa shape index (κ2) is 6.42. The topological polar surface area (TPSA) is 51.4 Å². The lowest BCUT2D eigenvalue weighted by Crippen LogP contribution is -2.21. The third-order valence-electron chi connectivity index (χ3n) is 7.03. The van der Waals surface area contributed by atoms with Gasteiger partial charge in [0.15, 0.2) is 0 Å². The van der Waals surface area contributed by atoms with Crippen molar-refractivity contribution >= 4 is 43.0 Å². The highest BCUT2D eigenvalue weighted by Gasteiger charge is 2.42. The molecule has 0 saturated heterocycles. The van der Waals surface area contributed by atoms with Gasteiger partial charge in [-0.2, -0.15) is 0 Å². The van der Waals surface area contributed by atoms with Crippen molar-refractivity contribution in [1.29, 1.82) is 0 Å². The first-order valence-corrected chi connectivity index (χ1v) is 12.7. The number of aliphatic imine (C=N–C) groups is 1. The summed E-state index contributed by atoms with van der Waals surface area (Å²) in [5, 5.41) is 2.34. The number of nitrogens with zero attached hydrogens (tertiary/aromatic N) is 2. The van der Waals surface area contributed by atoms with E-state index in [-0.39, 0.29) is 5.92 Å². The molecule has 7 rings (SSSR count). The van der Waals surface area contributed by atoms with Crippen LogP contribution in [0.4, 0.5) is 5.69 Å². The highest BCUT2D eigenvalue weighted by Crippen LogP contribution is 2.53. The predicted octanol–water partition coefficient (Wildman–Crippen LogP) is 6.56. The van der Waals surface area contributed by atoms with Gasteiger partial charge in [-0.1, -0.05) is 61.5 Å². The first-order valence-electron chi connectivity index (χ1n) is 11.2. The summed E-state index contributed by atoms with van der Waals surface area (Å²) in [5.41, 5.74) is 6.56. The number of benzene rings is 4. The number of fused-ring (bicyclic) bond motifs is 5. The number of rotatable bonds is 2. The Labute approximate surface area is 191 Å². The Morgan fingerprint density at radius 1 is 0.788 bits per heavy atom. The molecular formula is C28H20N2O2S. The number of hydrogen-bond acceptors (Lipinski definition) is 3. The molecule has 5 aromatic rings. The second-order valence-electron chi connectivity index (χ2n) is 8.65. The molecule has 0 spiro atoms. The molecule has 2 aliphatic heterocycles. The quantitative estimate of drug-likeness (QED) is 0.307. The zero-order valence-electron chi connectivity index (χ0n) is 18.0. The molecular weight excluding hydrogens is 428 g/mol. The molecule has 0 bridgehead atoms. The van der Waals surface area contributed by atoms with Crippen molar-refractivity contribution in [3.05, 3.63) is 96.1 Å². The first-order chi connectivity index (χ1) is 16.1. The van der Waals surface area contributed by atoms with E-state index in [9.17, 15) is 8.42 Å². The fourth-order valence-electron chi connectivity index (χ4n) is 5.65. The van der Waals surface area contributed by atoms with Gasteiger partial charge < -0.3 is 4.57 Å². The summed E-state index contributed by atoms with van der Waals surface area (Å²) in [6.45, 7) is 2.09. The lowest BCUT2D eigenvalue weighted by Gasteiger charge is -2.26. The van der Waals surface area contributed by atoms with Crippen LogP contribution in [0.25, 0.3) is 27.5 Å². The second-order valence-corrected chi connectivity index (χ2v) is 10.5. The van der Waals surface area contributed by atoms with Crippen LogP contribution < -0.4 is 0 Å². The van der Waals surface area contributed by atoms with Crippen molar-refractivity contribution in [3.63, 3.8) is 0 Å². The van der Waals surface area contributed by atoms with E-state index in [2.05, 4.69) is 47.9 Å². The van der Waals surface area contributed by atoms with Gasteiger partial charge >= 0.3 is 0 Å². The largest absolute Gasteiger partial charge is 0.307 e. The molecule has 1 aromatic heterocycles. The van der Waals surface area contributed by atoms with Crippen molar-refractivity contribution < 1.29 is 8.42 Å². The van der Waals surface area contributed by atoms with Crippen molar-refractivity contribution in [1.82, 2.24) is 4.57 Å². The van der Waals surface area contributed by atoms with Gasteiger partial charge in [-0.05, 0) is 42.3 Å². The van der Waals surface area contributed by atoms with Gasteiger partial charge in [-0.25, -0.2) is 8.42 Å². The summed E-state index contributed by atoms with van der Waals surface area (Å²) in [4.78, 5) is 5.88. The summed E-state index contributed by atoms with van der Waals surface area (Å²) < 4.78 is 29.4. The first kappa shape index (κ1) is 18.8. The average molecular weight is 449 g/mol. The van der Waals surface area contributed by atoms with E-state index >= 15 is 0 Å². The fourth-order valence-corrected chi connectivity index (χ4v) is 7.39. The van der Waals surface area contributed by atoms with E-state index in [1.54, 1.807) is 18.2 Å². The Kier molecular flexibility index (Phi) is 3.67. The van der Waals surface area contributed by atoms with E-state index in [1.807, 2.05) is 30.3 Å². The van der Waals surface area contributed by atoms with Gasteiger partial charge in [0.25, 0.3) is 0 Å². The Hall–Kier alpha value is -3.70. The maximum absolute atomic E-state index is 13.6. The molecule has 2 aliphatic rings. The van der Waals surface area contributed by atoms with E-state index < -0.39 is 9.84 Å². The molecule has 0 fully saturated rings. The highest BCUT2D eigenvalue weighted by molar-refractivity contribution is 7.91. The standard InChI is InChI=1S/C28H20N2O2S/c1-2-20-26-19-11-5-8-14-24(19)33(31,32)25-16-15-23(28(29-20)27(25)26)30-21-12-6-3-9-17(21)18-10-4-7-13-22(18)30/h3-16,26H,2H2,1H3. The summed E-state index contributed by atoms with van der Waals surface area (Å²) in [6, 6.07) is 27.8. The Morgan fingerprint density at radius 3 is 2.12 bits per heavy atom. The van der Waals surface area contributed by atoms with Gasteiger partial charge in [0, 0.05) is 22.0 Å². The summed E-state index contributed by atoms with van der Waals surface area (Å²) >= 11 is 0. The zero-order valence-corrected chi connectivity index (χ0v) is 18.8. The van der Waals surface area contributed by atoms with E-state index in [0.717, 1.165) is 45.7 Å². The minimum Gasteiger partial charge on any atom is -0.307 e. The number of hydrogen-bond donors (Lipinski definition) is 0. The van der Waals surface area contributed by atoms with Crippen molar-refractivity contribution in [2.24, 2.45) is 4.99 Å². The van der Waals surface area contributed by atoms with Crippen LogP contribution in [0.5, 0.6) is 0 Å². The normalized spacial score (nSPS) is 17.7. The molecule has 0 saturated carbocycles. The van der Waals surface area contributed by atoms with Crippen LogP contribution in [0.1, 0.15) is 30.4 Å². The molecule has 3 heterocycles. The Morgan fingerprint density at radius 2 is 1.42 bits per heavy atom. The molecule has 4 nitrogen and oxygen atoms in total. The van der Waals surface area contributed by atoms with Crippen LogP contribution in [-0.4, -0.2) is 18.7 Å². The van der Waals surface area contributed by atoms with Crippen LogP contribution in [0.15, 0.2) is 99.7 Å². The van der Waals surface area contributed by atoms with Crippen molar-refractivity contribution in [2.45, 2.75) is 29.1 Å². The maximum Gasteiger partial charge on any atom is 0.207 e. The van der Waals surface area contributed by atoms with Crippen LogP contribution >= 0.6 is 0 Å². The van der Waals surface area contributed by atoms with Crippen LogP contribution in [0, 0.1) is 0 Å². The lowest BCUT2D eigenvalue weighted by atomic mass is 9.87. The minimum atomic E-state index is -3.60. The Balaban J connectivity index is 1.63. The molecule has 160 valence electrons. The van der Waals surface area contributed by atoms with Crippen molar-refractivity contribution in [2.75, 3.05) is 0 Å². The molecule has 0 amide bonds.